The fourth-order valence-corrected chi connectivity index (χ4v) is 6.93. The highest BCUT2D eigenvalue weighted by Crippen LogP contribution is 2.14. The van der Waals surface area contributed by atoms with E-state index in [4.69, 9.17) is 14.2 Å². The minimum atomic E-state index is -0.822. The number of allylic oxidation sites excluding steroid dienone is 22. The first-order valence-electron chi connectivity index (χ1n) is 27.2. The smallest absolute Gasteiger partial charge is 0.306 e. The minimum absolute atomic E-state index is 0.115. The summed E-state index contributed by atoms with van der Waals surface area (Å²) in [5, 5.41) is 0. The summed E-state index contributed by atoms with van der Waals surface area (Å²) in [5.41, 5.74) is 0. The van der Waals surface area contributed by atoms with Crippen molar-refractivity contribution in [2.75, 3.05) is 13.2 Å². The Kier molecular flexibility index (Phi) is 51.5. The van der Waals surface area contributed by atoms with Crippen molar-refractivity contribution in [1.82, 2.24) is 0 Å². The zero-order chi connectivity index (χ0) is 49.3. The number of rotatable bonds is 47. The summed E-state index contributed by atoms with van der Waals surface area (Å²) >= 11 is 0. The minimum Gasteiger partial charge on any atom is -0.462 e. The maximum atomic E-state index is 12.8. The predicted molar refractivity (Wildman–Crippen MR) is 292 cm³/mol. The van der Waals surface area contributed by atoms with E-state index in [0.717, 1.165) is 135 Å². The molecule has 0 bridgehead atoms. The number of unbranched alkanes of at least 4 members (excludes halogenated alkanes) is 14. The van der Waals surface area contributed by atoms with Crippen molar-refractivity contribution in [2.24, 2.45) is 0 Å². The third-order valence-electron chi connectivity index (χ3n) is 10.9. The van der Waals surface area contributed by atoms with E-state index in [1.54, 1.807) is 0 Å². The van der Waals surface area contributed by atoms with Crippen LogP contribution in [0.1, 0.15) is 220 Å². The summed E-state index contributed by atoms with van der Waals surface area (Å²) in [4.78, 5) is 38.0. The average Bonchev–Trinajstić information content (AvgIpc) is 3.34. The molecule has 0 aliphatic heterocycles. The molecule has 0 saturated heterocycles. The van der Waals surface area contributed by atoms with Crippen LogP contribution in [-0.2, 0) is 28.6 Å². The number of carbonyl (C=O) groups excluding carboxylic acids is 3. The molecule has 6 heteroatoms. The van der Waals surface area contributed by atoms with Gasteiger partial charge in [-0.15, -0.1) is 0 Å². The normalized spacial score (nSPS) is 13.2. The van der Waals surface area contributed by atoms with Gasteiger partial charge in [0.1, 0.15) is 13.2 Å². The van der Waals surface area contributed by atoms with Crippen LogP contribution in [0.2, 0.25) is 0 Å². The van der Waals surface area contributed by atoms with Crippen LogP contribution in [0.4, 0.5) is 0 Å². The molecule has 0 aliphatic rings. The Morgan fingerprint density at radius 2 is 0.559 bits per heavy atom. The lowest BCUT2D eigenvalue weighted by Crippen LogP contribution is -2.30. The maximum Gasteiger partial charge on any atom is 0.306 e. The molecule has 68 heavy (non-hydrogen) atoms. The van der Waals surface area contributed by atoms with E-state index < -0.39 is 6.10 Å². The SMILES string of the molecule is CC/C=C\C/C=C\C/C=C\C/C=C\C/C=C\C/C=C\CCC(=O)OCC(COC(=O)CCCCCCC/C=C\C/C=C\CC)OC(=O)CCCCCCCCCCC/C=C\C/C=C\C/C=C\CC. The standard InChI is InChI=1S/C62H98O6/c1-4-7-10-13-16-19-22-25-27-29-31-33-35-37-40-43-46-49-52-55-61(64)67-58-59(57-66-60(63)54-51-48-45-42-39-24-21-18-15-12-9-6-3)68-62(65)56-53-50-47-44-41-38-36-34-32-30-28-26-23-20-17-14-11-8-5-2/h7-12,16-21,25-28,31,33,37,40,46,49,59H,4-6,13-15,22-24,29-30,32,34-36,38-39,41-45,47-48,50-58H2,1-3H3/b10-7-,11-8-,12-9-,19-16-,20-17-,21-18-,27-25-,28-26-,33-31-,40-37-,49-46-. The zero-order valence-electron chi connectivity index (χ0n) is 43.6. The number of hydrogen-bond donors (Lipinski definition) is 0. The number of ether oxygens (including phenoxy) is 3. The topological polar surface area (TPSA) is 78.9 Å². The lowest BCUT2D eigenvalue weighted by atomic mass is 10.1. The molecule has 0 rings (SSSR count). The van der Waals surface area contributed by atoms with E-state index in [2.05, 4.69) is 142 Å². The largest absolute Gasteiger partial charge is 0.462 e. The van der Waals surface area contributed by atoms with E-state index >= 15 is 0 Å². The van der Waals surface area contributed by atoms with Crippen molar-refractivity contribution in [2.45, 2.75) is 226 Å². The summed E-state index contributed by atoms with van der Waals surface area (Å²) < 4.78 is 16.7. The lowest BCUT2D eigenvalue weighted by Gasteiger charge is -2.18. The second-order valence-corrected chi connectivity index (χ2v) is 17.3. The average molecular weight is 939 g/mol. The first-order chi connectivity index (χ1) is 33.5. The van der Waals surface area contributed by atoms with Gasteiger partial charge >= 0.3 is 17.9 Å². The molecule has 0 fully saturated rings. The van der Waals surface area contributed by atoms with Crippen molar-refractivity contribution in [3.63, 3.8) is 0 Å². The molecule has 0 spiro atoms. The highest BCUT2D eigenvalue weighted by molar-refractivity contribution is 5.71. The van der Waals surface area contributed by atoms with Gasteiger partial charge in [0.15, 0.2) is 6.10 Å². The molecule has 1 unspecified atom stereocenters. The molecule has 0 aliphatic carbocycles. The van der Waals surface area contributed by atoms with Crippen molar-refractivity contribution >= 4 is 17.9 Å². The Balaban J connectivity index is 4.51. The van der Waals surface area contributed by atoms with Crippen LogP contribution < -0.4 is 0 Å². The second-order valence-electron chi connectivity index (χ2n) is 17.3. The van der Waals surface area contributed by atoms with E-state index in [0.29, 0.717) is 19.3 Å². The highest BCUT2D eigenvalue weighted by Gasteiger charge is 2.19. The van der Waals surface area contributed by atoms with Crippen molar-refractivity contribution < 1.29 is 28.6 Å². The number of carbonyl (C=O) groups is 3. The van der Waals surface area contributed by atoms with Gasteiger partial charge in [0.25, 0.3) is 0 Å². The van der Waals surface area contributed by atoms with Crippen LogP contribution in [0.25, 0.3) is 0 Å². The van der Waals surface area contributed by atoms with Crippen molar-refractivity contribution in [1.29, 1.82) is 0 Å². The van der Waals surface area contributed by atoms with Crippen molar-refractivity contribution in [3.8, 4) is 0 Å². The summed E-state index contributed by atoms with van der Waals surface area (Å²) in [6, 6.07) is 0. The molecule has 0 aromatic rings. The van der Waals surface area contributed by atoms with Gasteiger partial charge in [-0.3, -0.25) is 14.4 Å². The predicted octanol–water partition coefficient (Wildman–Crippen LogP) is 18.3. The Labute approximate surface area is 417 Å². The molecule has 1 atom stereocenters. The molecule has 0 heterocycles. The molecule has 6 nitrogen and oxygen atoms in total. The Morgan fingerprint density at radius 3 is 0.912 bits per heavy atom. The second kappa shape index (κ2) is 55.1. The summed E-state index contributed by atoms with van der Waals surface area (Å²) in [7, 11) is 0. The van der Waals surface area contributed by atoms with Crippen LogP contribution in [0.15, 0.2) is 134 Å². The van der Waals surface area contributed by atoms with Gasteiger partial charge in [0.2, 0.25) is 0 Å². The van der Waals surface area contributed by atoms with Crippen LogP contribution in [0.5, 0.6) is 0 Å². The van der Waals surface area contributed by atoms with Gasteiger partial charge in [-0.1, -0.05) is 219 Å². The van der Waals surface area contributed by atoms with E-state index in [1.807, 2.05) is 12.2 Å². The first-order valence-corrected chi connectivity index (χ1v) is 27.2. The Bertz CT molecular complexity index is 1500. The van der Waals surface area contributed by atoms with Gasteiger partial charge in [-0.25, -0.2) is 0 Å². The first kappa shape index (κ1) is 63.5. The van der Waals surface area contributed by atoms with E-state index in [-0.39, 0.29) is 37.5 Å². The van der Waals surface area contributed by atoms with Gasteiger partial charge in [0.05, 0.1) is 0 Å². The summed E-state index contributed by atoms with van der Waals surface area (Å²) in [6.07, 6.45) is 77.4. The van der Waals surface area contributed by atoms with Crippen LogP contribution in [0, 0.1) is 0 Å². The van der Waals surface area contributed by atoms with Gasteiger partial charge in [-0.05, 0) is 116 Å². The van der Waals surface area contributed by atoms with Gasteiger partial charge < -0.3 is 14.2 Å². The summed E-state index contributed by atoms with van der Waals surface area (Å²) in [6.45, 7) is 6.21. The van der Waals surface area contributed by atoms with Crippen LogP contribution in [0.3, 0.4) is 0 Å². The van der Waals surface area contributed by atoms with Gasteiger partial charge in [0, 0.05) is 19.3 Å². The monoisotopic (exact) mass is 939 g/mol. The molecule has 0 N–H and O–H groups in total. The van der Waals surface area contributed by atoms with Crippen LogP contribution >= 0.6 is 0 Å². The Morgan fingerprint density at radius 1 is 0.294 bits per heavy atom. The number of hydrogen-bond acceptors (Lipinski definition) is 6. The van der Waals surface area contributed by atoms with Crippen molar-refractivity contribution in [3.05, 3.63) is 134 Å². The van der Waals surface area contributed by atoms with Crippen LogP contribution in [-0.4, -0.2) is 37.2 Å². The fraction of sp³-hybridized carbons (Fsp3) is 0.597. The quantitative estimate of drug-likeness (QED) is 0.0262. The fourth-order valence-electron chi connectivity index (χ4n) is 6.93. The molecule has 0 amide bonds. The molecular formula is C62H98O6. The molecule has 0 saturated carbocycles. The van der Waals surface area contributed by atoms with E-state index in [9.17, 15) is 14.4 Å². The maximum absolute atomic E-state index is 12.8. The molecule has 0 radical (unpaired) electrons. The zero-order valence-corrected chi connectivity index (χ0v) is 43.6. The Hall–Kier alpha value is -4.45. The van der Waals surface area contributed by atoms with Gasteiger partial charge in [-0.2, -0.15) is 0 Å². The molecular weight excluding hydrogens is 841 g/mol. The molecule has 0 aromatic heterocycles. The third kappa shape index (κ3) is 52.5. The molecule has 382 valence electrons. The summed E-state index contributed by atoms with van der Waals surface area (Å²) in [5.74, 6) is -1.03. The number of esters is 3. The molecule has 0 aromatic carbocycles. The lowest BCUT2D eigenvalue weighted by molar-refractivity contribution is -0.166. The third-order valence-corrected chi connectivity index (χ3v) is 10.9. The van der Waals surface area contributed by atoms with E-state index in [1.165, 1.54) is 38.5 Å². The highest BCUT2D eigenvalue weighted by atomic mass is 16.6.